The lowest BCUT2D eigenvalue weighted by Gasteiger charge is -2.17. The van der Waals surface area contributed by atoms with Crippen molar-refractivity contribution in [2.45, 2.75) is 6.92 Å². The summed E-state index contributed by atoms with van der Waals surface area (Å²) in [6.07, 6.45) is 0.779. The van der Waals surface area contributed by atoms with Gasteiger partial charge in [-0.2, -0.15) is 0 Å². The highest BCUT2D eigenvalue weighted by molar-refractivity contribution is 7.84. The van der Waals surface area contributed by atoms with E-state index in [-0.39, 0.29) is 0 Å². The molecule has 0 spiro atoms. The fraction of sp³-hybridized carbons (Fsp3) is 0.143. The second-order valence-electron chi connectivity index (χ2n) is 3.76. The van der Waals surface area contributed by atoms with Crippen LogP contribution in [0.1, 0.15) is 6.92 Å². The van der Waals surface area contributed by atoms with Gasteiger partial charge in [-0.1, -0.05) is 36.4 Å². The van der Waals surface area contributed by atoms with Gasteiger partial charge in [0, 0.05) is 0 Å². The van der Waals surface area contributed by atoms with Gasteiger partial charge in [0.15, 0.2) is 0 Å². The Balaban J connectivity index is 2.49. The molecule has 0 saturated heterocycles. The van der Waals surface area contributed by atoms with Crippen molar-refractivity contribution in [2.24, 2.45) is 0 Å². The van der Waals surface area contributed by atoms with E-state index in [1.807, 2.05) is 67.6 Å². The van der Waals surface area contributed by atoms with Gasteiger partial charge in [-0.05, 0) is 31.2 Å². The van der Waals surface area contributed by atoms with Gasteiger partial charge < -0.3 is 0 Å². The second kappa shape index (κ2) is 4.78. The van der Waals surface area contributed by atoms with Crippen molar-refractivity contribution in [1.82, 2.24) is 0 Å². The smallest absolute Gasteiger partial charge is 0.206 e. The van der Waals surface area contributed by atoms with E-state index in [0.29, 0.717) is 0 Å². The van der Waals surface area contributed by atoms with Crippen LogP contribution in [0.25, 0.3) is 0 Å². The van der Waals surface area contributed by atoms with E-state index >= 15 is 0 Å². The van der Waals surface area contributed by atoms with Crippen molar-refractivity contribution in [3.63, 3.8) is 0 Å². The SMILES string of the molecule is CC[P+](O)(c1ccccc1)c1ccccc1. The lowest BCUT2D eigenvalue weighted by atomic mass is 10.4. The first kappa shape index (κ1) is 11.3. The van der Waals surface area contributed by atoms with Crippen LogP contribution in [0, 0.1) is 0 Å². The summed E-state index contributed by atoms with van der Waals surface area (Å²) < 4.78 is 0. The summed E-state index contributed by atoms with van der Waals surface area (Å²) in [6, 6.07) is 20.0. The number of hydrogen-bond acceptors (Lipinski definition) is 1. The molecule has 0 aromatic heterocycles. The van der Waals surface area contributed by atoms with Gasteiger partial charge in [-0.25, -0.2) is 4.89 Å². The fourth-order valence-corrected chi connectivity index (χ4v) is 4.22. The maximum Gasteiger partial charge on any atom is 0.206 e. The third kappa shape index (κ3) is 2.02. The average Bonchev–Trinajstić information content (AvgIpc) is 2.40. The van der Waals surface area contributed by atoms with E-state index in [2.05, 4.69) is 0 Å². The molecule has 0 aliphatic rings. The zero-order valence-corrected chi connectivity index (χ0v) is 10.3. The van der Waals surface area contributed by atoms with Crippen molar-refractivity contribution >= 4 is 18.1 Å². The zero-order valence-electron chi connectivity index (χ0n) is 9.38. The van der Waals surface area contributed by atoms with Crippen molar-refractivity contribution in [3.8, 4) is 0 Å². The molecule has 0 unspecified atom stereocenters. The number of rotatable bonds is 3. The van der Waals surface area contributed by atoms with E-state index in [1.165, 1.54) is 0 Å². The van der Waals surface area contributed by atoms with Crippen LogP contribution in [0.2, 0.25) is 0 Å². The molecule has 0 radical (unpaired) electrons. The molecule has 16 heavy (non-hydrogen) atoms. The third-order valence-electron chi connectivity index (χ3n) is 2.82. The van der Waals surface area contributed by atoms with E-state index in [4.69, 9.17) is 0 Å². The molecular formula is C14H16OP+. The molecule has 2 aromatic rings. The monoisotopic (exact) mass is 231 g/mol. The quantitative estimate of drug-likeness (QED) is 0.805. The van der Waals surface area contributed by atoms with Crippen LogP contribution in [-0.2, 0) is 0 Å². The highest BCUT2D eigenvalue weighted by atomic mass is 31.2. The van der Waals surface area contributed by atoms with Crippen LogP contribution < -0.4 is 10.6 Å². The molecule has 1 N–H and O–H groups in total. The van der Waals surface area contributed by atoms with Gasteiger partial charge in [0.1, 0.15) is 10.6 Å². The van der Waals surface area contributed by atoms with E-state index in [1.54, 1.807) is 0 Å². The molecular weight excluding hydrogens is 215 g/mol. The Morgan fingerprint density at radius 2 is 1.19 bits per heavy atom. The van der Waals surface area contributed by atoms with Crippen LogP contribution in [0.4, 0.5) is 0 Å². The molecule has 2 aromatic carbocycles. The van der Waals surface area contributed by atoms with Crippen LogP contribution in [0.3, 0.4) is 0 Å². The molecule has 0 aliphatic carbocycles. The maximum atomic E-state index is 10.9. The van der Waals surface area contributed by atoms with Crippen LogP contribution in [0.5, 0.6) is 0 Å². The highest BCUT2D eigenvalue weighted by Gasteiger charge is 2.38. The van der Waals surface area contributed by atoms with Crippen molar-refractivity contribution in [3.05, 3.63) is 60.7 Å². The first-order chi connectivity index (χ1) is 7.77. The normalized spacial score (nSPS) is 11.4. The predicted molar refractivity (Wildman–Crippen MR) is 71.8 cm³/mol. The minimum Gasteiger partial charge on any atom is -0.241 e. The summed E-state index contributed by atoms with van der Waals surface area (Å²) in [5.41, 5.74) is 0. The average molecular weight is 231 g/mol. The Hall–Kier alpha value is -1.17. The molecule has 2 rings (SSSR count). The number of benzene rings is 2. The number of hydrogen-bond donors (Lipinski definition) is 1. The van der Waals surface area contributed by atoms with Crippen LogP contribution >= 0.6 is 7.49 Å². The molecule has 0 saturated carbocycles. The highest BCUT2D eigenvalue weighted by Crippen LogP contribution is 2.51. The first-order valence-corrected chi connectivity index (χ1v) is 7.42. The van der Waals surface area contributed by atoms with E-state index in [9.17, 15) is 4.89 Å². The summed E-state index contributed by atoms with van der Waals surface area (Å²) in [5, 5.41) is 2.12. The minimum absolute atomic E-state index is 0.779. The largest absolute Gasteiger partial charge is 0.241 e. The Kier molecular flexibility index (Phi) is 3.38. The Bertz CT molecular complexity index is 399. The molecule has 0 amide bonds. The lowest BCUT2D eigenvalue weighted by molar-refractivity contribution is 0.623. The summed E-state index contributed by atoms with van der Waals surface area (Å²) in [5.74, 6) is 0. The van der Waals surface area contributed by atoms with Gasteiger partial charge >= 0.3 is 0 Å². The molecule has 0 bridgehead atoms. The maximum absolute atomic E-state index is 10.9. The van der Waals surface area contributed by atoms with Gasteiger partial charge in [0.2, 0.25) is 7.49 Å². The third-order valence-corrected chi connectivity index (χ3v) is 6.04. The van der Waals surface area contributed by atoms with E-state index in [0.717, 1.165) is 16.8 Å². The molecule has 82 valence electrons. The topological polar surface area (TPSA) is 20.2 Å². The van der Waals surface area contributed by atoms with Crippen molar-refractivity contribution in [1.29, 1.82) is 0 Å². The van der Waals surface area contributed by atoms with Crippen LogP contribution in [-0.4, -0.2) is 11.1 Å². The van der Waals surface area contributed by atoms with Gasteiger partial charge in [-0.3, -0.25) is 0 Å². The fourth-order valence-electron chi connectivity index (χ4n) is 1.86. The Morgan fingerprint density at radius 3 is 1.50 bits per heavy atom. The lowest BCUT2D eigenvalue weighted by Crippen LogP contribution is -2.23. The van der Waals surface area contributed by atoms with Crippen LogP contribution in [0.15, 0.2) is 60.7 Å². The molecule has 1 nitrogen and oxygen atoms in total. The summed E-state index contributed by atoms with van der Waals surface area (Å²) >= 11 is 0. The zero-order chi connectivity index (χ0) is 11.4. The molecule has 0 heterocycles. The summed E-state index contributed by atoms with van der Waals surface area (Å²) in [6.45, 7) is 2.05. The van der Waals surface area contributed by atoms with Gasteiger partial charge in [-0.15, -0.1) is 0 Å². The Morgan fingerprint density at radius 1 is 0.812 bits per heavy atom. The molecule has 0 atom stereocenters. The van der Waals surface area contributed by atoms with Gasteiger partial charge in [0.25, 0.3) is 0 Å². The summed E-state index contributed by atoms with van der Waals surface area (Å²) in [4.78, 5) is 10.9. The van der Waals surface area contributed by atoms with E-state index < -0.39 is 7.49 Å². The standard InChI is InChI=1S/C14H16OP/c1-2-16(15,13-9-5-3-6-10-13)14-11-7-4-8-12-14/h3-12,15H,2H2,1H3/q+1. The van der Waals surface area contributed by atoms with Crippen molar-refractivity contribution in [2.75, 3.05) is 6.16 Å². The first-order valence-electron chi connectivity index (χ1n) is 5.49. The van der Waals surface area contributed by atoms with Gasteiger partial charge in [0.05, 0.1) is 6.16 Å². The Labute approximate surface area is 97.2 Å². The van der Waals surface area contributed by atoms with Crippen molar-refractivity contribution < 1.29 is 4.89 Å². The predicted octanol–water partition coefficient (Wildman–Crippen LogP) is 2.58. The minimum atomic E-state index is -2.15. The molecule has 0 aliphatic heterocycles. The molecule has 0 fully saturated rings. The molecule has 2 heteroatoms. The summed E-state index contributed by atoms with van der Waals surface area (Å²) in [7, 11) is -2.15. The second-order valence-corrected chi connectivity index (χ2v) is 6.96.